The number of phosphoric ester groups is 1. The lowest BCUT2D eigenvalue weighted by atomic mass is 10.4. The van der Waals surface area contributed by atoms with E-state index in [0.717, 1.165) is 0 Å². The molecule has 0 aliphatic carbocycles. The number of nitrogens with zero attached hydrogens (tertiary/aromatic N) is 2. The summed E-state index contributed by atoms with van der Waals surface area (Å²) in [6.07, 6.45) is -1.45. The summed E-state index contributed by atoms with van der Waals surface area (Å²) in [5.74, 6) is 0. The van der Waals surface area contributed by atoms with E-state index in [1.807, 2.05) is 21.1 Å². The highest BCUT2D eigenvalue weighted by Crippen LogP contribution is 2.38. The van der Waals surface area contributed by atoms with Crippen LogP contribution in [0.5, 0.6) is 0 Å². The van der Waals surface area contributed by atoms with E-state index in [2.05, 4.69) is 0 Å². The second-order valence-electron chi connectivity index (χ2n) is 6.15. The Labute approximate surface area is 138 Å². The standard InChI is InChI=1S/C13H29N2O7P/c1-7-19-10-12(22-13(16)14(2)3)11-21-23(17,18)20-9-8-15(4,5)6/h12H,7-11H2,1-6H3/t12-/m1/s1. The number of carbonyl (C=O) groups is 1. The van der Waals surface area contributed by atoms with Gasteiger partial charge in [0.2, 0.25) is 0 Å². The van der Waals surface area contributed by atoms with E-state index < -0.39 is 20.0 Å². The van der Waals surface area contributed by atoms with Gasteiger partial charge in [-0.15, -0.1) is 0 Å². The Morgan fingerprint density at radius 2 is 1.83 bits per heavy atom. The summed E-state index contributed by atoms with van der Waals surface area (Å²) in [5.41, 5.74) is 0. The van der Waals surface area contributed by atoms with Gasteiger partial charge in [0, 0.05) is 20.7 Å². The van der Waals surface area contributed by atoms with Gasteiger partial charge in [-0.05, 0) is 6.92 Å². The molecule has 2 atom stereocenters. The van der Waals surface area contributed by atoms with Gasteiger partial charge in [-0.2, -0.15) is 0 Å². The molecule has 0 fully saturated rings. The third-order valence-electron chi connectivity index (χ3n) is 2.57. The van der Waals surface area contributed by atoms with Crippen LogP contribution in [-0.4, -0.2) is 89.8 Å². The van der Waals surface area contributed by atoms with E-state index in [0.29, 0.717) is 17.6 Å². The van der Waals surface area contributed by atoms with Crippen LogP contribution in [0.1, 0.15) is 6.92 Å². The Bertz CT molecular complexity index is 398. The number of hydrogen-bond donors (Lipinski definition) is 0. The molecule has 0 bridgehead atoms. The van der Waals surface area contributed by atoms with E-state index in [4.69, 9.17) is 18.5 Å². The molecule has 138 valence electrons. The number of carbonyl (C=O) groups excluding carboxylic acids is 1. The van der Waals surface area contributed by atoms with Crippen LogP contribution in [0.15, 0.2) is 0 Å². The van der Waals surface area contributed by atoms with Crippen LogP contribution >= 0.6 is 7.82 Å². The minimum Gasteiger partial charge on any atom is -0.756 e. The molecule has 1 amide bonds. The molecule has 0 heterocycles. The molecular weight excluding hydrogens is 327 g/mol. The molecule has 0 saturated carbocycles. The lowest BCUT2D eigenvalue weighted by Gasteiger charge is -2.28. The van der Waals surface area contributed by atoms with Gasteiger partial charge >= 0.3 is 6.09 Å². The molecule has 0 aliphatic rings. The molecular formula is C13H29N2O7P. The fourth-order valence-corrected chi connectivity index (χ4v) is 1.98. The molecule has 1 unspecified atom stereocenters. The topological polar surface area (TPSA) is 97.4 Å². The zero-order valence-corrected chi connectivity index (χ0v) is 15.7. The quantitative estimate of drug-likeness (QED) is 0.388. The van der Waals surface area contributed by atoms with Crippen molar-refractivity contribution in [3.05, 3.63) is 0 Å². The van der Waals surface area contributed by atoms with Crippen LogP contribution < -0.4 is 4.89 Å². The number of phosphoric acid groups is 1. The molecule has 0 aliphatic heterocycles. The Hall–Kier alpha value is -0.700. The molecule has 23 heavy (non-hydrogen) atoms. The molecule has 0 aromatic heterocycles. The van der Waals surface area contributed by atoms with Gasteiger partial charge in [-0.3, -0.25) is 4.57 Å². The summed E-state index contributed by atoms with van der Waals surface area (Å²) in [6, 6.07) is 0. The molecule has 0 N–H and O–H groups in total. The van der Waals surface area contributed by atoms with Crippen LogP contribution in [0.25, 0.3) is 0 Å². The van der Waals surface area contributed by atoms with Crippen LogP contribution in [-0.2, 0) is 23.1 Å². The summed E-state index contributed by atoms with van der Waals surface area (Å²) in [5, 5.41) is 0. The van der Waals surface area contributed by atoms with Crippen molar-refractivity contribution in [1.29, 1.82) is 0 Å². The second kappa shape index (κ2) is 10.2. The first-order valence-electron chi connectivity index (χ1n) is 7.33. The maximum Gasteiger partial charge on any atom is 0.409 e. The largest absolute Gasteiger partial charge is 0.756 e. The molecule has 0 spiro atoms. The first-order chi connectivity index (χ1) is 10.5. The van der Waals surface area contributed by atoms with Crippen LogP contribution in [0.2, 0.25) is 0 Å². The number of rotatable bonds is 11. The maximum atomic E-state index is 11.7. The monoisotopic (exact) mass is 356 g/mol. The number of hydrogen-bond acceptors (Lipinski definition) is 7. The molecule has 0 rings (SSSR count). The van der Waals surface area contributed by atoms with Crippen molar-refractivity contribution in [1.82, 2.24) is 4.90 Å². The average molecular weight is 356 g/mol. The normalized spacial score (nSPS) is 15.8. The lowest BCUT2D eigenvalue weighted by Crippen LogP contribution is -2.38. The van der Waals surface area contributed by atoms with Crippen molar-refractivity contribution in [3.8, 4) is 0 Å². The summed E-state index contributed by atoms with van der Waals surface area (Å²) < 4.78 is 32.1. The highest BCUT2D eigenvalue weighted by atomic mass is 31.2. The number of quaternary nitrogens is 1. The Morgan fingerprint density at radius 1 is 1.22 bits per heavy atom. The van der Waals surface area contributed by atoms with Gasteiger partial charge in [-0.1, -0.05) is 0 Å². The van der Waals surface area contributed by atoms with Crippen LogP contribution in [0.4, 0.5) is 4.79 Å². The van der Waals surface area contributed by atoms with Crippen molar-refractivity contribution in [2.75, 3.05) is 68.2 Å². The first kappa shape index (κ1) is 22.3. The fourth-order valence-electron chi connectivity index (χ4n) is 1.25. The van der Waals surface area contributed by atoms with Gasteiger partial charge in [0.05, 0.1) is 34.4 Å². The molecule has 10 heteroatoms. The zero-order chi connectivity index (χ0) is 18.1. The molecule has 0 aromatic carbocycles. The molecule has 0 aromatic rings. The SMILES string of the molecule is CCOC[C@H](COP(=O)([O-])OCC[N+](C)(C)C)OC(=O)N(C)C. The predicted octanol–water partition coefficient (Wildman–Crippen LogP) is 0.298. The Kier molecular flexibility index (Phi) is 9.91. The van der Waals surface area contributed by atoms with E-state index >= 15 is 0 Å². The van der Waals surface area contributed by atoms with Gasteiger partial charge in [0.1, 0.15) is 13.2 Å². The van der Waals surface area contributed by atoms with E-state index in [-0.39, 0.29) is 19.8 Å². The van der Waals surface area contributed by atoms with Gasteiger partial charge < -0.3 is 32.8 Å². The highest BCUT2D eigenvalue weighted by molar-refractivity contribution is 7.45. The van der Waals surface area contributed by atoms with E-state index in [9.17, 15) is 14.3 Å². The van der Waals surface area contributed by atoms with Crippen LogP contribution in [0, 0.1) is 0 Å². The fraction of sp³-hybridized carbons (Fsp3) is 0.923. The Morgan fingerprint density at radius 3 is 2.30 bits per heavy atom. The highest BCUT2D eigenvalue weighted by Gasteiger charge is 2.20. The summed E-state index contributed by atoms with van der Waals surface area (Å²) >= 11 is 0. The summed E-state index contributed by atoms with van der Waals surface area (Å²) in [6.45, 7) is 2.38. The minimum atomic E-state index is -4.45. The number of likely N-dealkylation sites (N-methyl/N-ethyl adjacent to an activating group) is 1. The van der Waals surface area contributed by atoms with Crippen molar-refractivity contribution in [2.24, 2.45) is 0 Å². The zero-order valence-electron chi connectivity index (χ0n) is 14.8. The lowest BCUT2D eigenvalue weighted by molar-refractivity contribution is -0.870. The van der Waals surface area contributed by atoms with Crippen molar-refractivity contribution < 1.29 is 37.3 Å². The van der Waals surface area contributed by atoms with Crippen molar-refractivity contribution >= 4 is 13.9 Å². The van der Waals surface area contributed by atoms with E-state index in [1.165, 1.54) is 19.0 Å². The average Bonchev–Trinajstić information content (AvgIpc) is 2.39. The molecule has 0 radical (unpaired) electrons. The first-order valence-corrected chi connectivity index (χ1v) is 8.79. The van der Waals surface area contributed by atoms with Gasteiger partial charge in [-0.25, -0.2) is 4.79 Å². The number of ether oxygens (including phenoxy) is 2. The minimum absolute atomic E-state index is 0.0118. The third kappa shape index (κ3) is 12.4. The summed E-state index contributed by atoms with van der Waals surface area (Å²) in [7, 11) is 4.34. The maximum absolute atomic E-state index is 11.7. The van der Waals surface area contributed by atoms with Crippen molar-refractivity contribution in [3.63, 3.8) is 0 Å². The van der Waals surface area contributed by atoms with Crippen LogP contribution in [0.3, 0.4) is 0 Å². The second-order valence-corrected chi connectivity index (χ2v) is 7.56. The van der Waals surface area contributed by atoms with Crippen molar-refractivity contribution in [2.45, 2.75) is 13.0 Å². The van der Waals surface area contributed by atoms with Gasteiger partial charge in [0.25, 0.3) is 7.82 Å². The molecule has 0 saturated heterocycles. The predicted molar refractivity (Wildman–Crippen MR) is 82.9 cm³/mol. The smallest absolute Gasteiger partial charge is 0.409 e. The van der Waals surface area contributed by atoms with Gasteiger partial charge in [0.15, 0.2) is 6.10 Å². The third-order valence-corrected chi connectivity index (χ3v) is 3.53. The number of amides is 1. The Balaban J connectivity index is 4.39. The summed E-state index contributed by atoms with van der Waals surface area (Å²) in [4.78, 5) is 24.5. The molecule has 9 nitrogen and oxygen atoms in total. The van der Waals surface area contributed by atoms with E-state index in [1.54, 1.807) is 6.92 Å².